The third-order valence-electron chi connectivity index (χ3n) is 6.64. The zero-order valence-electron chi connectivity index (χ0n) is 13.7. The van der Waals surface area contributed by atoms with Gasteiger partial charge in [0.05, 0.1) is 7.11 Å². The van der Waals surface area contributed by atoms with Crippen molar-refractivity contribution in [1.29, 1.82) is 0 Å². The SMILES string of the molecule is COc1ccc2c(c1)CC[C@H]1[C@@H]2CC[C@@]2(C)C(=O)/C(=N\O)C[C@@H]12. The molecular weight excluding hydrogens is 290 g/mol. The predicted molar refractivity (Wildman–Crippen MR) is 87.2 cm³/mol. The van der Waals surface area contributed by atoms with Crippen molar-refractivity contribution < 1.29 is 14.7 Å². The summed E-state index contributed by atoms with van der Waals surface area (Å²) in [4.78, 5) is 12.6. The summed E-state index contributed by atoms with van der Waals surface area (Å²) in [5.41, 5.74) is 2.89. The number of carbonyl (C=O) groups excluding carboxylic acids is 1. The Kier molecular flexibility index (Phi) is 3.26. The van der Waals surface area contributed by atoms with Crippen LogP contribution in [0, 0.1) is 17.3 Å². The largest absolute Gasteiger partial charge is 0.497 e. The van der Waals surface area contributed by atoms with Gasteiger partial charge in [-0.05, 0) is 66.7 Å². The summed E-state index contributed by atoms with van der Waals surface area (Å²) in [5, 5.41) is 12.5. The Bertz CT molecular complexity index is 696. The summed E-state index contributed by atoms with van der Waals surface area (Å²) >= 11 is 0. The van der Waals surface area contributed by atoms with E-state index in [0.717, 1.165) is 31.4 Å². The molecule has 0 aliphatic heterocycles. The molecule has 4 nitrogen and oxygen atoms in total. The lowest BCUT2D eigenvalue weighted by Crippen LogP contribution is -2.42. The Morgan fingerprint density at radius 1 is 1.35 bits per heavy atom. The molecule has 0 unspecified atom stereocenters. The molecule has 0 spiro atoms. The first kappa shape index (κ1) is 14.7. The van der Waals surface area contributed by atoms with E-state index in [4.69, 9.17) is 9.94 Å². The minimum Gasteiger partial charge on any atom is -0.497 e. The molecule has 4 rings (SSSR count). The Balaban J connectivity index is 1.71. The monoisotopic (exact) mass is 313 g/mol. The normalized spacial score (nSPS) is 37.2. The van der Waals surface area contributed by atoms with Gasteiger partial charge >= 0.3 is 0 Å². The van der Waals surface area contributed by atoms with Crippen molar-refractivity contribution >= 4 is 11.5 Å². The zero-order valence-corrected chi connectivity index (χ0v) is 13.7. The van der Waals surface area contributed by atoms with Crippen molar-refractivity contribution in [2.75, 3.05) is 7.11 Å². The number of aryl methyl sites for hydroxylation is 1. The van der Waals surface area contributed by atoms with Gasteiger partial charge in [0.15, 0.2) is 5.78 Å². The van der Waals surface area contributed by atoms with Gasteiger partial charge < -0.3 is 9.94 Å². The Labute approximate surface area is 136 Å². The molecule has 0 heterocycles. The third kappa shape index (κ3) is 1.97. The summed E-state index contributed by atoms with van der Waals surface area (Å²) in [7, 11) is 1.71. The van der Waals surface area contributed by atoms with Gasteiger partial charge in [-0.25, -0.2) is 0 Å². The number of ketones is 1. The molecule has 2 fully saturated rings. The van der Waals surface area contributed by atoms with E-state index < -0.39 is 0 Å². The highest BCUT2D eigenvalue weighted by Crippen LogP contribution is 2.59. The number of benzene rings is 1. The van der Waals surface area contributed by atoms with E-state index in [2.05, 4.69) is 30.3 Å². The van der Waals surface area contributed by atoms with Gasteiger partial charge in [-0.1, -0.05) is 18.1 Å². The lowest BCUT2D eigenvalue weighted by Gasteiger charge is -2.47. The Morgan fingerprint density at radius 3 is 2.91 bits per heavy atom. The van der Waals surface area contributed by atoms with Crippen LogP contribution in [-0.4, -0.2) is 23.8 Å². The molecule has 0 bridgehead atoms. The zero-order chi connectivity index (χ0) is 16.2. The quantitative estimate of drug-likeness (QED) is 0.637. The molecule has 3 aliphatic carbocycles. The summed E-state index contributed by atoms with van der Waals surface area (Å²) in [5.74, 6) is 2.35. The van der Waals surface area contributed by atoms with Gasteiger partial charge in [0.25, 0.3) is 0 Å². The molecule has 122 valence electrons. The number of ether oxygens (including phenoxy) is 1. The predicted octanol–water partition coefficient (Wildman–Crippen LogP) is 3.56. The van der Waals surface area contributed by atoms with E-state index in [0.29, 0.717) is 29.9 Å². The van der Waals surface area contributed by atoms with Crippen LogP contribution in [-0.2, 0) is 11.2 Å². The van der Waals surface area contributed by atoms with E-state index in [1.54, 1.807) is 7.11 Å². The minimum absolute atomic E-state index is 0.0731. The van der Waals surface area contributed by atoms with Crippen molar-refractivity contribution in [2.24, 2.45) is 22.4 Å². The van der Waals surface area contributed by atoms with Crippen LogP contribution < -0.4 is 4.74 Å². The molecule has 23 heavy (non-hydrogen) atoms. The van der Waals surface area contributed by atoms with Crippen LogP contribution in [0.2, 0.25) is 0 Å². The molecular formula is C19H23NO3. The lowest BCUT2D eigenvalue weighted by atomic mass is 9.55. The molecule has 0 amide bonds. The first-order chi connectivity index (χ1) is 11.1. The molecule has 0 saturated heterocycles. The van der Waals surface area contributed by atoms with Gasteiger partial charge in [-0.15, -0.1) is 0 Å². The van der Waals surface area contributed by atoms with Crippen molar-refractivity contribution in [3.05, 3.63) is 29.3 Å². The van der Waals surface area contributed by atoms with E-state index in [9.17, 15) is 4.79 Å². The summed E-state index contributed by atoms with van der Waals surface area (Å²) in [6.45, 7) is 2.08. The third-order valence-corrected chi connectivity index (χ3v) is 6.64. The van der Waals surface area contributed by atoms with Crippen LogP contribution in [0.25, 0.3) is 0 Å². The average Bonchev–Trinajstić information content (AvgIpc) is 2.85. The number of fused-ring (bicyclic) bond motifs is 5. The maximum Gasteiger partial charge on any atom is 0.186 e. The lowest BCUT2D eigenvalue weighted by molar-refractivity contribution is -0.125. The molecule has 4 heteroatoms. The van der Waals surface area contributed by atoms with Crippen LogP contribution in [0.15, 0.2) is 23.4 Å². The number of rotatable bonds is 1. The van der Waals surface area contributed by atoms with Crippen molar-refractivity contribution in [1.82, 2.24) is 0 Å². The highest BCUT2D eigenvalue weighted by Gasteiger charge is 2.57. The van der Waals surface area contributed by atoms with E-state index in [1.165, 1.54) is 11.1 Å². The number of oxime groups is 1. The Hall–Kier alpha value is -1.84. The van der Waals surface area contributed by atoms with Crippen molar-refractivity contribution in [3.63, 3.8) is 0 Å². The van der Waals surface area contributed by atoms with Crippen LogP contribution in [0.3, 0.4) is 0 Å². The average molecular weight is 313 g/mol. The second kappa shape index (κ2) is 5.08. The van der Waals surface area contributed by atoms with Gasteiger partial charge in [0, 0.05) is 11.8 Å². The van der Waals surface area contributed by atoms with Gasteiger partial charge in [0.1, 0.15) is 11.5 Å². The number of nitrogens with zero attached hydrogens (tertiary/aromatic N) is 1. The molecule has 1 N–H and O–H groups in total. The van der Waals surface area contributed by atoms with Crippen molar-refractivity contribution in [2.45, 2.75) is 44.9 Å². The second-order valence-corrected chi connectivity index (χ2v) is 7.52. The molecule has 1 aromatic carbocycles. The van der Waals surface area contributed by atoms with Crippen LogP contribution >= 0.6 is 0 Å². The molecule has 3 aliphatic rings. The molecule has 0 radical (unpaired) electrons. The van der Waals surface area contributed by atoms with Crippen LogP contribution in [0.1, 0.15) is 49.7 Å². The Morgan fingerprint density at radius 2 is 2.17 bits per heavy atom. The van der Waals surface area contributed by atoms with Crippen LogP contribution in [0.5, 0.6) is 5.75 Å². The van der Waals surface area contributed by atoms with Gasteiger partial charge in [0.2, 0.25) is 0 Å². The first-order valence-electron chi connectivity index (χ1n) is 8.51. The minimum atomic E-state index is -0.327. The van der Waals surface area contributed by atoms with E-state index in [-0.39, 0.29) is 11.2 Å². The first-order valence-corrected chi connectivity index (χ1v) is 8.51. The summed E-state index contributed by atoms with van der Waals surface area (Å²) in [6.07, 6.45) is 4.72. The maximum atomic E-state index is 12.6. The second-order valence-electron chi connectivity index (χ2n) is 7.52. The highest BCUT2D eigenvalue weighted by atomic mass is 16.5. The standard InChI is InChI=1S/C19H23NO3/c1-19-8-7-14-13-6-4-12(23-2)9-11(13)3-5-15(14)16(19)10-17(20-22)18(19)21/h4,6,9,14-16,22H,3,5,7-8,10H2,1-2H3/b20-17-/t14-,15+,16+,19-/m1/s1. The number of hydrogen-bond acceptors (Lipinski definition) is 4. The number of Topliss-reactive ketones (excluding diaryl/α,β-unsaturated/α-hetero) is 1. The summed E-state index contributed by atoms with van der Waals surface area (Å²) < 4.78 is 5.36. The number of carbonyl (C=O) groups is 1. The van der Waals surface area contributed by atoms with Crippen LogP contribution in [0.4, 0.5) is 0 Å². The molecule has 4 atom stereocenters. The number of methoxy groups -OCH3 is 1. The van der Waals surface area contributed by atoms with E-state index >= 15 is 0 Å². The molecule has 1 aromatic rings. The topological polar surface area (TPSA) is 58.9 Å². The van der Waals surface area contributed by atoms with Gasteiger partial charge in [-0.3, -0.25) is 4.79 Å². The van der Waals surface area contributed by atoms with E-state index in [1.807, 2.05) is 0 Å². The fourth-order valence-electron chi connectivity index (χ4n) is 5.38. The molecule has 0 aromatic heterocycles. The highest BCUT2D eigenvalue weighted by molar-refractivity contribution is 6.43. The van der Waals surface area contributed by atoms with Gasteiger partial charge in [-0.2, -0.15) is 0 Å². The smallest absolute Gasteiger partial charge is 0.186 e. The van der Waals surface area contributed by atoms with Crippen molar-refractivity contribution in [3.8, 4) is 5.75 Å². The maximum absolute atomic E-state index is 12.6. The fourth-order valence-corrected chi connectivity index (χ4v) is 5.38. The number of hydrogen-bond donors (Lipinski definition) is 1. The fraction of sp³-hybridized carbons (Fsp3) is 0.579. The molecule has 2 saturated carbocycles. The summed E-state index contributed by atoms with van der Waals surface area (Å²) in [6, 6.07) is 6.43.